The third-order valence-electron chi connectivity index (χ3n) is 9.44. The standard InChI is InChI=1S/2C21H30O3S.Ca/c2*1-2-3-4-5-6-7-8-9-10-13-18-16-19-14-11-12-15-20(19)21(17-18)25(22,23)24;/h2*11-12,14-17H,2-10,13H2,1H3,(H,22,23,24);/q;;+2/p-2. The molecule has 0 aliphatic carbocycles. The number of fused-ring (bicyclic) bond motifs is 2. The zero-order valence-electron chi connectivity index (χ0n) is 31.0. The summed E-state index contributed by atoms with van der Waals surface area (Å²) in [5, 5.41) is 2.69. The van der Waals surface area contributed by atoms with Crippen LogP contribution < -0.4 is 0 Å². The molecule has 0 atom stereocenters. The Bertz CT molecular complexity index is 1670. The second kappa shape index (κ2) is 24.7. The third kappa shape index (κ3) is 17.0. The van der Waals surface area contributed by atoms with E-state index in [9.17, 15) is 25.9 Å². The fourth-order valence-electron chi connectivity index (χ4n) is 6.65. The molecule has 0 radical (unpaired) electrons. The SMILES string of the molecule is CCCCCCCCCCCc1cc(S(=O)(=O)[O-])c2ccccc2c1.CCCCCCCCCCCc1cc(S(=O)(=O)[O-])c2ccccc2c1.[Ca+2]. The average molecular weight is 763 g/mol. The molecule has 0 unspecified atom stereocenters. The van der Waals surface area contributed by atoms with Gasteiger partial charge in [0.05, 0.1) is 9.79 Å². The molecule has 4 rings (SSSR count). The minimum absolute atomic E-state index is 0. The van der Waals surface area contributed by atoms with Crippen molar-refractivity contribution in [2.45, 2.75) is 152 Å². The van der Waals surface area contributed by atoms with E-state index in [4.69, 9.17) is 0 Å². The number of benzene rings is 4. The van der Waals surface area contributed by atoms with Crippen LogP contribution in [0, 0.1) is 0 Å². The van der Waals surface area contributed by atoms with E-state index < -0.39 is 20.2 Å². The van der Waals surface area contributed by atoms with Crippen LogP contribution in [0.1, 0.15) is 141 Å². The molecule has 4 aromatic rings. The Morgan fingerprint density at radius 2 is 0.725 bits per heavy atom. The van der Waals surface area contributed by atoms with Crippen LogP contribution in [0.3, 0.4) is 0 Å². The second-order valence-electron chi connectivity index (χ2n) is 13.7. The van der Waals surface area contributed by atoms with Gasteiger partial charge in [-0.2, -0.15) is 0 Å². The van der Waals surface area contributed by atoms with E-state index in [1.54, 1.807) is 36.4 Å². The molecule has 0 aromatic heterocycles. The molecule has 0 saturated heterocycles. The van der Waals surface area contributed by atoms with Crippen molar-refractivity contribution in [3.8, 4) is 0 Å². The van der Waals surface area contributed by atoms with Gasteiger partial charge in [0.1, 0.15) is 20.2 Å². The summed E-state index contributed by atoms with van der Waals surface area (Å²) in [5.74, 6) is 0. The third-order valence-corrected chi connectivity index (χ3v) is 11.2. The van der Waals surface area contributed by atoms with Crippen molar-refractivity contribution in [2.24, 2.45) is 0 Å². The Balaban J connectivity index is 0.000000347. The normalized spacial score (nSPS) is 11.7. The molecule has 51 heavy (non-hydrogen) atoms. The maximum Gasteiger partial charge on any atom is 2.00 e. The first-order valence-corrected chi connectivity index (χ1v) is 21.8. The van der Waals surface area contributed by atoms with Gasteiger partial charge in [0.15, 0.2) is 0 Å². The quantitative estimate of drug-likeness (QED) is 0.0447. The molecule has 0 saturated carbocycles. The van der Waals surface area contributed by atoms with Gasteiger partial charge >= 0.3 is 37.7 Å². The Kier molecular flexibility index (Phi) is 22.1. The molecule has 0 aliphatic heterocycles. The van der Waals surface area contributed by atoms with Crippen molar-refractivity contribution in [3.63, 3.8) is 0 Å². The van der Waals surface area contributed by atoms with Crippen molar-refractivity contribution >= 4 is 79.5 Å². The van der Waals surface area contributed by atoms with Crippen molar-refractivity contribution in [3.05, 3.63) is 83.9 Å². The van der Waals surface area contributed by atoms with E-state index in [1.807, 2.05) is 36.4 Å². The Morgan fingerprint density at radius 3 is 1.04 bits per heavy atom. The summed E-state index contributed by atoms with van der Waals surface area (Å²) in [5.41, 5.74) is 1.88. The first kappa shape index (κ1) is 45.6. The van der Waals surface area contributed by atoms with E-state index in [-0.39, 0.29) is 47.5 Å². The molecule has 0 amide bonds. The van der Waals surface area contributed by atoms with Crippen LogP contribution in [0.5, 0.6) is 0 Å². The topological polar surface area (TPSA) is 114 Å². The number of rotatable bonds is 22. The monoisotopic (exact) mass is 762 g/mol. The van der Waals surface area contributed by atoms with Gasteiger partial charge in [0, 0.05) is 0 Å². The molecule has 276 valence electrons. The summed E-state index contributed by atoms with van der Waals surface area (Å²) in [6, 6.07) is 21.5. The summed E-state index contributed by atoms with van der Waals surface area (Å²) in [7, 11) is -8.90. The van der Waals surface area contributed by atoms with Gasteiger partial charge in [-0.1, -0.05) is 177 Å². The maximum absolute atomic E-state index is 11.6. The van der Waals surface area contributed by atoms with Crippen molar-refractivity contribution in [1.29, 1.82) is 0 Å². The minimum atomic E-state index is -4.45. The largest absolute Gasteiger partial charge is 2.00 e. The molecular formula is C42H58CaO6S2. The van der Waals surface area contributed by atoms with Gasteiger partial charge in [0.25, 0.3) is 0 Å². The van der Waals surface area contributed by atoms with Crippen LogP contribution in [0.25, 0.3) is 21.5 Å². The molecular weight excluding hydrogens is 705 g/mol. The summed E-state index contributed by atoms with van der Waals surface area (Å²) >= 11 is 0. The molecule has 0 aliphatic rings. The summed E-state index contributed by atoms with van der Waals surface area (Å²) in [6.45, 7) is 4.46. The van der Waals surface area contributed by atoms with Crippen LogP contribution in [-0.4, -0.2) is 63.7 Å². The predicted octanol–water partition coefficient (Wildman–Crippen LogP) is 11.3. The van der Waals surface area contributed by atoms with Crippen LogP contribution in [0.15, 0.2) is 82.6 Å². The van der Waals surface area contributed by atoms with E-state index in [0.29, 0.717) is 10.8 Å². The van der Waals surface area contributed by atoms with E-state index in [0.717, 1.165) is 60.4 Å². The fraction of sp³-hybridized carbons (Fsp3) is 0.524. The van der Waals surface area contributed by atoms with Gasteiger partial charge < -0.3 is 9.11 Å². The predicted molar refractivity (Wildman–Crippen MR) is 211 cm³/mol. The van der Waals surface area contributed by atoms with Crippen molar-refractivity contribution in [2.75, 3.05) is 0 Å². The van der Waals surface area contributed by atoms with Gasteiger partial charge in [-0.15, -0.1) is 0 Å². The van der Waals surface area contributed by atoms with Crippen LogP contribution in [0.2, 0.25) is 0 Å². The summed E-state index contributed by atoms with van der Waals surface area (Å²) in [4.78, 5) is -0.173. The maximum atomic E-state index is 11.6. The molecule has 6 nitrogen and oxygen atoms in total. The second-order valence-corrected chi connectivity index (χ2v) is 16.4. The van der Waals surface area contributed by atoms with Gasteiger partial charge in [-0.3, -0.25) is 0 Å². The van der Waals surface area contributed by atoms with E-state index >= 15 is 0 Å². The first-order valence-electron chi connectivity index (χ1n) is 19.0. The Hall–Kier alpha value is -1.52. The molecule has 0 fully saturated rings. The van der Waals surface area contributed by atoms with Crippen LogP contribution >= 0.6 is 0 Å². The van der Waals surface area contributed by atoms with Crippen molar-refractivity contribution < 1.29 is 25.9 Å². The van der Waals surface area contributed by atoms with Gasteiger partial charge in [-0.05, 0) is 70.5 Å². The number of aryl methyl sites for hydroxylation is 2. The Morgan fingerprint density at radius 1 is 0.431 bits per heavy atom. The Labute approximate surface area is 338 Å². The van der Waals surface area contributed by atoms with Crippen LogP contribution in [0.4, 0.5) is 0 Å². The van der Waals surface area contributed by atoms with E-state index in [1.165, 1.54) is 89.9 Å². The molecule has 9 heteroatoms. The molecule has 0 bridgehead atoms. The smallest absolute Gasteiger partial charge is 0.744 e. The number of hydrogen-bond donors (Lipinski definition) is 0. The zero-order chi connectivity index (χ0) is 36.2. The van der Waals surface area contributed by atoms with Crippen LogP contribution in [-0.2, 0) is 33.1 Å². The van der Waals surface area contributed by atoms with Gasteiger partial charge in [0.2, 0.25) is 0 Å². The zero-order valence-corrected chi connectivity index (χ0v) is 34.9. The fourth-order valence-corrected chi connectivity index (χ4v) is 8.15. The summed E-state index contributed by atoms with van der Waals surface area (Å²) in [6.07, 6.45) is 24.3. The summed E-state index contributed by atoms with van der Waals surface area (Å²) < 4.78 is 69.4. The molecule has 0 N–H and O–H groups in total. The molecule has 4 aromatic carbocycles. The average Bonchev–Trinajstić information content (AvgIpc) is 3.09. The van der Waals surface area contributed by atoms with E-state index in [2.05, 4.69) is 13.8 Å². The first-order chi connectivity index (χ1) is 24.0. The molecule has 0 heterocycles. The number of hydrogen-bond acceptors (Lipinski definition) is 6. The minimum Gasteiger partial charge on any atom is -0.744 e. The molecule has 0 spiro atoms. The number of unbranched alkanes of at least 4 members (excludes halogenated alkanes) is 16. The van der Waals surface area contributed by atoms with Gasteiger partial charge in [-0.25, -0.2) is 16.8 Å². The van der Waals surface area contributed by atoms with Crippen molar-refractivity contribution in [1.82, 2.24) is 0 Å².